The zero-order valence-corrected chi connectivity index (χ0v) is 19.7. The molecule has 0 unspecified atom stereocenters. The van der Waals surface area contributed by atoms with Crippen molar-refractivity contribution >= 4 is 34.7 Å². The molecule has 1 aliphatic carbocycles. The van der Waals surface area contributed by atoms with Gasteiger partial charge in [-0.3, -0.25) is 0 Å². The van der Waals surface area contributed by atoms with Crippen LogP contribution < -0.4 is 5.32 Å². The van der Waals surface area contributed by atoms with Crippen molar-refractivity contribution in [2.75, 3.05) is 5.32 Å². The molecular weight excluding hydrogens is 450 g/mol. The van der Waals surface area contributed by atoms with E-state index in [4.69, 9.17) is 11.6 Å². The Morgan fingerprint density at radius 2 is 1.73 bits per heavy atom. The molecule has 0 saturated carbocycles. The highest BCUT2D eigenvalue weighted by molar-refractivity contribution is 7.15. The number of para-hydroxylation sites is 1. The molecular formula is C27H24ClN3OS. The van der Waals surface area contributed by atoms with Crippen LogP contribution in [0, 0.1) is 0 Å². The lowest BCUT2D eigenvalue weighted by Gasteiger charge is -2.31. The van der Waals surface area contributed by atoms with Crippen molar-refractivity contribution in [3.63, 3.8) is 0 Å². The van der Waals surface area contributed by atoms with E-state index in [0.717, 1.165) is 24.1 Å². The van der Waals surface area contributed by atoms with Gasteiger partial charge in [0.2, 0.25) is 0 Å². The number of anilines is 1. The Labute approximate surface area is 202 Å². The van der Waals surface area contributed by atoms with Crippen molar-refractivity contribution in [2.24, 2.45) is 0 Å². The first-order chi connectivity index (χ1) is 16.2. The number of aromatic nitrogens is 1. The fraction of sp³-hybridized carbons (Fsp3) is 0.222. The first-order valence-corrected chi connectivity index (χ1v) is 12.6. The van der Waals surface area contributed by atoms with Crippen LogP contribution in [0.25, 0.3) is 5.00 Å². The second-order valence-electron chi connectivity index (χ2n) is 8.65. The standard InChI is InChI=1S/C27H24ClN3OS/c28-21-12-5-6-13-22(21)29-27(32)31-17-20-19-11-4-7-15-24(19)33-26(20)30-16-8-14-23(30)25(31)18-9-2-1-3-10-18/h1-3,5-6,8-10,12-14,16,25H,4,7,11,15,17H2,(H,29,32)/t25-/m1/s1. The summed E-state index contributed by atoms with van der Waals surface area (Å²) < 4.78 is 2.30. The predicted molar refractivity (Wildman–Crippen MR) is 135 cm³/mol. The van der Waals surface area contributed by atoms with Gasteiger partial charge >= 0.3 is 6.03 Å². The number of hydrogen-bond acceptors (Lipinski definition) is 2. The summed E-state index contributed by atoms with van der Waals surface area (Å²) in [4.78, 5) is 17.3. The summed E-state index contributed by atoms with van der Waals surface area (Å²) >= 11 is 8.28. The van der Waals surface area contributed by atoms with Gasteiger partial charge in [-0.15, -0.1) is 11.3 Å². The highest BCUT2D eigenvalue weighted by Gasteiger charge is 2.36. The van der Waals surface area contributed by atoms with E-state index in [2.05, 4.69) is 40.3 Å². The van der Waals surface area contributed by atoms with Gasteiger partial charge in [0.1, 0.15) is 5.00 Å². The van der Waals surface area contributed by atoms with Crippen LogP contribution in [0.2, 0.25) is 5.02 Å². The molecule has 166 valence electrons. The van der Waals surface area contributed by atoms with Crippen molar-refractivity contribution in [3.8, 4) is 5.00 Å². The molecule has 2 amide bonds. The second-order valence-corrected chi connectivity index (χ2v) is 10.1. The summed E-state index contributed by atoms with van der Waals surface area (Å²) in [6.07, 6.45) is 6.82. The number of rotatable bonds is 2. The number of nitrogens with zero attached hydrogens (tertiary/aromatic N) is 2. The van der Waals surface area contributed by atoms with Gasteiger partial charge in [-0.05, 0) is 61.1 Å². The number of hydrogen-bond donors (Lipinski definition) is 1. The van der Waals surface area contributed by atoms with Gasteiger partial charge < -0.3 is 14.8 Å². The van der Waals surface area contributed by atoms with Crippen molar-refractivity contribution in [1.82, 2.24) is 9.47 Å². The van der Waals surface area contributed by atoms with E-state index in [1.807, 2.05) is 52.6 Å². The number of thiophene rings is 1. The van der Waals surface area contributed by atoms with E-state index < -0.39 is 0 Å². The maximum absolute atomic E-state index is 13.8. The minimum absolute atomic E-state index is 0.145. The van der Waals surface area contributed by atoms with Gasteiger partial charge in [-0.1, -0.05) is 54.1 Å². The topological polar surface area (TPSA) is 37.3 Å². The largest absolute Gasteiger partial charge is 0.323 e. The molecule has 2 aromatic carbocycles. The maximum atomic E-state index is 13.8. The smallest absolute Gasteiger partial charge is 0.310 e. The Kier molecular flexibility index (Phi) is 5.24. The van der Waals surface area contributed by atoms with E-state index in [-0.39, 0.29) is 12.1 Å². The lowest BCUT2D eigenvalue weighted by atomic mass is 9.95. The molecule has 0 saturated heterocycles. The Morgan fingerprint density at radius 3 is 2.58 bits per heavy atom. The quantitative estimate of drug-likeness (QED) is 0.328. The molecule has 0 bridgehead atoms. The molecule has 33 heavy (non-hydrogen) atoms. The summed E-state index contributed by atoms with van der Waals surface area (Å²) in [7, 11) is 0. The van der Waals surface area contributed by atoms with Crippen LogP contribution in [0.4, 0.5) is 10.5 Å². The summed E-state index contributed by atoms with van der Waals surface area (Å²) in [5.74, 6) is 0. The first kappa shape index (κ1) is 20.6. The summed E-state index contributed by atoms with van der Waals surface area (Å²) in [5, 5.41) is 4.88. The molecule has 2 aliphatic rings. The summed E-state index contributed by atoms with van der Waals surface area (Å²) in [5.41, 5.74) is 5.57. The third-order valence-electron chi connectivity index (χ3n) is 6.67. The SMILES string of the molecule is O=C(Nc1ccccc1Cl)N1Cc2c(sc3c2CCCC3)-n2cccc2[C@H]1c1ccccc1. The Morgan fingerprint density at radius 1 is 0.939 bits per heavy atom. The normalized spacial score (nSPS) is 17.0. The van der Waals surface area contributed by atoms with E-state index >= 15 is 0 Å². The number of carbonyl (C=O) groups excluding carboxylic acids is 1. The fourth-order valence-electron chi connectivity index (χ4n) is 5.12. The van der Waals surface area contributed by atoms with Crippen LogP contribution in [0.1, 0.15) is 46.1 Å². The number of carbonyl (C=O) groups is 1. The first-order valence-electron chi connectivity index (χ1n) is 11.4. The van der Waals surface area contributed by atoms with Gasteiger partial charge in [0.05, 0.1) is 29.0 Å². The molecule has 6 rings (SSSR count). The lowest BCUT2D eigenvalue weighted by molar-refractivity contribution is 0.194. The number of benzene rings is 2. The van der Waals surface area contributed by atoms with E-state index in [1.165, 1.54) is 33.8 Å². The van der Waals surface area contributed by atoms with Crippen LogP contribution in [0.5, 0.6) is 0 Å². The Hall–Kier alpha value is -3.02. The van der Waals surface area contributed by atoms with Crippen LogP contribution >= 0.6 is 22.9 Å². The van der Waals surface area contributed by atoms with Crippen molar-refractivity contribution in [2.45, 2.75) is 38.3 Å². The zero-order valence-electron chi connectivity index (χ0n) is 18.1. The van der Waals surface area contributed by atoms with Gasteiger partial charge in [0, 0.05) is 16.6 Å². The molecule has 6 heteroatoms. The lowest BCUT2D eigenvalue weighted by Crippen LogP contribution is -2.38. The van der Waals surface area contributed by atoms with E-state index in [9.17, 15) is 4.79 Å². The number of fused-ring (bicyclic) bond motifs is 5. The second kappa shape index (κ2) is 8.40. The molecule has 4 nitrogen and oxygen atoms in total. The van der Waals surface area contributed by atoms with E-state index in [0.29, 0.717) is 17.3 Å². The highest BCUT2D eigenvalue weighted by atomic mass is 35.5. The third kappa shape index (κ3) is 3.56. The molecule has 3 heterocycles. The number of amides is 2. The van der Waals surface area contributed by atoms with Gasteiger partial charge in [-0.2, -0.15) is 0 Å². The Bertz CT molecular complexity index is 1330. The van der Waals surface area contributed by atoms with Crippen molar-refractivity contribution in [1.29, 1.82) is 0 Å². The Balaban J connectivity index is 1.50. The average Bonchev–Trinajstić information content (AvgIpc) is 3.43. The minimum Gasteiger partial charge on any atom is -0.310 e. The number of nitrogens with one attached hydrogen (secondary N) is 1. The van der Waals surface area contributed by atoms with Crippen LogP contribution in [0.3, 0.4) is 0 Å². The molecule has 0 spiro atoms. The summed E-state index contributed by atoms with van der Waals surface area (Å²) in [6.45, 7) is 0.568. The van der Waals surface area contributed by atoms with Gasteiger partial charge in [0.15, 0.2) is 0 Å². The molecule has 0 fully saturated rings. The molecule has 1 N–H and O–H groups in total. The van der Waals surface area contributed by atoms with Crippen LogP contribution in [-0.4, -0.2) is 15.5 Å². The van der Waals surface area contributed by atoms with Gasteiger partial charge in [0.25, 0.3) is 0 Å². The van der Waals surface area contributed by atoms with Crippen LogP contribution in [0.15, 0.2) is 72.9 Å². The minimum atomic E-state index is -0.206. The predicted octanol–water partition coefficient (Wildman–Crippen LogP) is 7.21. The third-order valence-corrected chi connectivity index (χ3v) is 8.33. The fourth-order valence-corrected chi connectivity index (χ4v) is 6.71. The average molecular weight is 474 g/mol. The van der Waals surface area contributed by atoms with Crippen LogP contribution in [-0.2, 0) is 19.4 Å². The molecule has 4 aromatic rings. The van der Waals surface area contributed by atoms with Gasteiger partial charge in [-0.25, -0.2) is 4.79 Å². The maximum Gasteiger partial charge on any atom is 0.323 e. The monoisotopic (exact) mass is 473 g/mol. The zero-order chi connectivity index (χ0) is 22.4. The number of halogens is 1. The summed E-state index contributed by atoms with van der Waals surface area (Å²) in [6, 6.07) is 21.6. The van der Waals surface area contributed by atoms with Crippen molar-refractivity contribution in [3.05, 3.63) is 105 Å². The molecule has 0 radical (unpaired) electrons. The molecule has 2 aromatic heterocycles. The van der Waals surface area contributed by atoms with E-state index in [1.54, 1.807) is 6.07 Å². The highest BCUT2D eigenvalue weighted by Crippen LogP contribution is 2.44. The molecule has 1 atom stereocenters. The number of urea groups is 1. The van der Waals surface area contributed by atoms with Crippen molar-refractivity contribution < 1.29 is 4.79 Å². The number of aryl methyl sites for hydroxylation is 1. The molecule has 1 aliphatic heterocycles.